The van der Waals surface area contributed by atoms with Gasteiger partial charge in [0.1, 0.15) is 5.52 Å². The third kappa shape index (κ3) is 3.10. The maximum atomic E-state index is 12.3. The first-order chi connectivity index (χ1) is 12.2. The lowest BCUT2D eigenvalue weighted by atomic mass is 10.2. The van der Waals surface area contributed by atoms with E-state index < -0.39 is 0 Å². The molecule has 0 fully saturated rings. The molecule has 0 radical (unpaired) electrons. The molecule has 25 heavy (non-hydrogen) atoms. The van der Waals surface area contributed by atoms with Crippen molar-refractivity contribution >= 4 is 22.7 Å². The lowest BCUT2D eigenvalue weighted by Crippen LogP contribution is -2.12. The zero-order valence-corrected chi connectivity index (χ0v) is 13.4. The number of aryl methyl sites for hydroxylation is 1. The first-order valence-electron chi connectivity index (χ1n) is 7.74. The van der Waals surface area contributed by atoms with Crippen LogP contribution in [0.4, 0.5) is 5.69 Å². The summed E-state index contributed by atoms with van der Waals surface area (Å²) in [5.41, 5.74) is 4.12. The van der Waals surface area contributed by atoms with Crippen LogP contribution in [-0.2, 0) is 0 Å². The largest absolute Gasteiger partial charge is 0.436 e. The molecular formula is C19H14N4O2. The van der Waals surface area contributed by atoms with E-state index in [1.54, 1.807) is 48.9 Å². The van der Waals surface area contributed by atoms with Crippen LogP contribution in [0.1, 0.15) is 16.1 Å². The first kappa shape index (κ1) is 15.0. The molecule has 1 amide bonds. The van der Waals surface area contributed by atoms with Gasteiger partial charge in [0.15, 0.2) is 5.58 Å². The molecule has 122 valence electrons. The highest BCUT2D eigenvalue weighted by Gasteiger charge is 2.11. The Hall–Kier alpha value is -3.54. The maximum absolute atomic E-state index is 12.3. The lowest BCUT2D eigenvalue weighted by molar-refractivity contribution is 0.102. The highest BCUT2D eigenvalue weighted by Crippen LogP contribution is 2.25. The van der Waals surface area contributed by atoms with Crippen LogP contribution in [-0.4, -0.2) is 20.9 Å². The van der Waals surface area contributed by atoms with E-state index in [1.807, 2.05) is 19.1 Å². The normalized spacial score (nSPS) is 10.8. The molecule has 6 heteroatoms. The van der Waals surface area contributed by atoms with E-state index in [1.165, 1.54) is 0 Å². The summed E-state index contributed by atoms with van der Waals surface area (Å²) in [6.45, 7) is 1.85. The SMILES string of the molecule is Cc1cc(C(=O)Nc2ccc3oc(-c4cccnc4)nc3c2)ccn1. The fraction of sp³-hybridized carbons (Fsp3) is 0.0526. The van der Waals surface area contributed by atoms with Gasteiger partial charge in [-0.1, -0.05) is 0 Å². The summed E-state index contributed by atoms with van der Waals surface area (Å²) in [7, 11) is 0. The van der Waals surface area contributed by atoms with E-state index in [0.717, 1.165) is 11.3 Å². The van der Waals surface area contributed by atoms with E-state index in [-0.39, 0.29) is 5.91 Å². The Morgan fingerprint density at radius 3 is 2.84 bits per heavy atom. The van der Waals surface area contributed by atoms with Crippen LogP contribution >= 0.6 is 0 Å². The molecule has 6 nitrogen and oxygen atoms in total. The van der Waals surface area contributed by atoms with E-state index >= 15 is 0 Å². The molecule has 0 spiro atoms. The Labute approximate surface area is 143 Å². The number of benzene rings is 1. The number of carbonyl (C=O) groups excluding carboxylic acids is 1. The zero-order valence-electron chi connectivity index (χ0n) is 13.4. The van der Waals surface area contributed by atoms with Gasteiger partial charge in [-0.25, -0.2) is 4.98 Å². The molecule has 0 saturated heterocycles. The van der Waals surface area contributed by atoms with Crippen molar-refractivity contribution in [1.29, 1.82) is 0 Å². The smallest absolute Gasteiger partial charge is 0.255 e. The molecule has 0 aliphatic rings. The number of anilines is 1. The minimum Gasteiger partial charge on any atom is -0.436 e. The second kappa shape index (κ2) is 6.16. The summed E-state index contributed by atoms with van der Waals surface area (Å²) in [5.74, 6) is 0.303. The predicted molar refractivity (Wildman–Crippen MR) is 94.2 cm³/mol. The Morgan fingerprint density at radius 2 is 2.04 bits per heavy atom. The number of nitrogens with one attached hydrogen (secondary N) is 1. The highest BCUT2D eigenvalue weighted by atomic mass is 16.3. The number of carbonyl (C=O) groups is 1. The van der Waals surface area contributed by atoms with Gasteiger partial charge in [0, 0.05) is 35.5 Å². The Bertz CT molecular complexity index is 1060. The third-order valence-electron chi connectivity index (χ3n) is 3.71. The summed E-state index contributed by atoms with van der Waals surface area (Å²) < 4.78 is 5.74. The minimum atomic E-state index is -0.194. The van der Waals surface area contributed by atoms with Crippen molar-refractivity contribution in [3.8, 4) is 11.5 Å². The number of amides is 1. The van der Waals surface area contributed by atoms with E-state index in [4.69, 9.17) is 4.42 Å². The van der Waals surface area contributed by atoms with Crippen molar-refractivity contribution < 1.29 is 9.21 Å². The van der Waals surface area contributed by atoms with Crippen molar-refractivity contribution in [2.24, 2.45) is 0 Å². The van der Waals surface area contributed by atoms with Crippen LogP contribution in [0.25, 0.3) is 22.6 Å². The number of nitrogens with zero attached hydrogens (tertiary/aromatic N) is 3. The molecule has 4 rings (SSSR count). The molecular weight excluding hydrogens is 316 g/mol. The summed E-state index contributed by atoms with van der Waals surface area (Å²) in [5, 5.41) is 2.87. The molecule has 1 N–H and O–H groups in total. The van der Waals surface area contributed by atoms with E-state index in [2.05, 4.69) is 20.3 Å². The average Bonchev–Trinajstić information content (AvgIpc) is 3.06. The standard InChI is InChI=1S/C19H14N4O2/c1-12-9-13(6-8-21-12)18(24)22-15-4-5-17-16(10-15)23-19(25-17)14-3-2-7-20-11-14/h2-11H,1H3,(H,22,24). The molecule has 0 atom stereocenters. The highest BCUT2D eigenvalue weighted by molar-refractivity contribution is 6.04. The van der Waals surface area contributed by atoms with Gasteiger partial charge < -0.3 is 9.73 Å². The van der Waals surface area contributed by atoms with Gasteiger partial charge in [0.25, 0.3) is 5.91 Å². The predicted octanol–water partition coefficient (Wildman–Crippen LogP) is 3.85. The molecule has 3 heterocycles. The fourth-order valence-corrected chi connectivity index (χ4v) is 2.51. The number of aromatic nitrogens is 3. The number of oxazole rings is 1. The second-order valence-corrected chi connectivity index (χ2v) is 5.58. The number of hydrogen-bond donors (Lipinski definition) is 1. The Balaban J connectivity index is 1.62. The van der Waals surface area contributed by atoms with Crippen molar-refractivity contribution in [1.82, 2.24) is 15.0 Å². The summed E-state index contributed by atoms with van der Waals surface area (Å²) in [6.07, 6.45) is 5.00. The summed E-state index contributed by atoms with van der Waals surface area (Å²) in [4.78, 5) is 25.0. The molecule has 0 bridgehead atoms. The number of fused-ring (bicyclic) bond motifs is 1. The fourth-order valence-electron chi connectivity index (χ4n) is 2.51. The topological polar surface area (TPSA) is 80.9 Å². The van der Waals surface area contributed by atoms with E-state index in [9.17, 15) is 4.79 Å². The van der Waals surface area contributed by atoms with Crippen LogP contribution in [0.15, 0.2) is 65.5 Å². The number of hydrogen-bond acceptors (Lipinski definition) is 5. The van der Waals surface area contributed by atoms with Gasteiger partial charge in [-0.05, 0) is 49.4 Å². The number of rotatable bonds is 3. The maximum Gasteiger partial charge on any atom is 0.255 e. The Morgan fingerprint density at radius 1 is 1.12 bits per heavy atom. The van der Waals surface area contributed by atoms with Gasteiger partial charge >= 0.3 is 0 Å². The first-order valence-corrected chi connectivity index (χ1v) is 7.74. The average molecular weight is 330 g/mol. The molecule has 0 aliphatic carbocycles. The van der Waals surface area contributed by atoms with Crippen LogP contribution in [0, 0.1) is 6.92 Å². The van der Waals surface area contributed by atoms with Gasteiger partial charge in [0.05, 0.1) is 5.56 Å². The molecule has 4 aromatic rings. The molecule has 3 aromatic heterocycles. The van der Waals surface area contributed by atoms with Crippen molar-refractivity contribution in [3.63, 3.8) is 0 Å². The van der Waals surface area contributed by atoms with Crippen molar-refractivity contribution in [2.75, 3.05) is 5.32 Å². The van der Waals surface area contributed by atoms with E-state index in [0.29, 0.717) is 28.2 Å². The lowest BCUT2D eigenvalue weighted by Gasteiger charge is -2.05. The zero-order chi connectivity index (χ0) is 17.2. The van der Waals surface area contributed by atoms with Crippen LogP contribution < -0.4 is 5.32 Å². The van der Waals surface area contributed by atoms with Crippen LogP contribution in [0.5, 0.6) is 0 Å². The van der Waals surface area contributed by atoms with Crippen molar-refractivity contribution in [3.05, 3.63) is 72.3 Å². The molecule has 1 aromatic carbocycles. The van der Waals surface area contributed by atoms with Crippen molar-refractivity contribution in [2.45, 2.75) is 6.92 Å². The summed E-state index contributed by atoms with van der Waals surface area (Å²) in [6, 6.07) is 12.5. The van der Waals surface area contributed by atoms with Crippen LogP contribution in [0.2, 0.25) is 0 Å². The Kier molecular flexibility index (Phi) is 3.70. The number of pyridine rings is 2. The van der Waals surface area contributed by atoms with Gasteiger partial charge in [-0.3, -0.25) is 14.8 Å². The van der Waals surface area contributed by atoms with Crippen LogP contribution in [0.3, 0.4) is 0 Å². The van der Waals surface area contributed by atoms with Gasteiger partial charge in [-0.2, -0.15) is 0 Å². The second-order valence-electron chi connectivity index (χ2n) is 5.58. The molecule has 0 aliphatic heterocycles. The molecule has 0 saturated carbocycles. The summed E-state index contributed by atoms with van der Waals surface area (Å²) >= 11 is 0. The van der Waals surface area contributed by atoms with Gasteiger partial charge in [-0.15, -0.1) is 0 Å². The monoisotopic (exact) mass is 330 g/mol. The quantitative estimate of drug-likeness (QED) is 0.617. The minimum absolute atomic E-state index is 0.194. The third-order valence-corrected chi connectivity index (χ3v) is 3.71. The molecule has 0 unspecified atom stereocenters. The van der Waals surface area contributed by atoms with Gasteiger partial charge in [0.2, 0.25) is 5.89 Å².